The molecule has 0 aromatic carbocycles. The molecular formula is C8H14BNO3S. The van der Waals surface area contributed by atoms with Crippen LogP contribution in [0.2, 0.25) is 0 Å². The molecule has 0 saturated carbocycles. The predicted octanol–water partition coefficient (Wildman–Crippen LogP) is 0.368. The third-order valence-corrected chi connectivity index (χ3v) is 4.34. The molecule has 14 heavy (non-hydrogen) atoms. The first-order valence-corrected chi connectivity index (χ1v) is 5.55. The average molecular weight is 215 g/mol. The second-order valence-electron chi connectivity index (χ2n) is 3.67. The van der Waals surface area contributed by atoms with Gasteiger partial charge in [-0.1, -0.05) is 6.92 Å². The Morgan fingerprint density at radius 3 is 2.64 bits per heavy atom. The Morgan fingerprint density at radius 2 is 2.29 bits per heavy atom. The van der Waals surface area contributed by atoms with Gasteiger partial charge in [-0.15, -0.1) is 11.8 Å². The van der Waals surface area contributed by atoms with Crippen molar-refractivity contribution in [3.05, 3.63) is 0 Å². The fourth-order valence-corrected chi connectivity index (χ4v) is 3.02. The molecule has 1 heterocycles. The van der Waals surface area contributed by atoms with Crippen LogP contribution in [0.25, 0.3) is 0 Å². The van der Waals surface area contributed by atoms with Crippen molar-refractivity contribution in [3.63, 3.8) is 0 Å². The summed E-state index contributed by atoms with van der Waals surface area (Å²) in [5.41, 5.74) is 0. The number of hydrogen-bond donors (Lipinski definition) is 1. The van der Waals surface area contributed by atoms with Gasteiger partial charge in [-0.25, -0.2) is 4.79 Å². The van der Waals surface area contributed by atoms with Crippen molar-refractivity contribution in [1.29, 1.82) is 0 Å². The van der Waals surface area contributed by atoms with Crippen molar-refractivity contribution < 1.29 is 14.7 Å². The van der Waals surface area contributed by atoms with E-state index in [4.69, 9.17) is 5.11 Å². The monoisotopic (exact) mass is 215 g/mol. The van der Waals surface area contributed by atoms with Crippen molar-refractivity contribution in [2.45, 2.75) is 31.1 Å². The van der Waals surface area contributed by atoms with Gasteiger partial charge in [0.05, 0.1) is 5.88 Å². The summed E-state index contributed by atoms with van der Waals surface area (Å²) in [6, 6.07) is -0.685. The number of aliphatic carboxylic acids is 1. The van der Waals surface area contributed by atoms with Crippen LogP contribution in [0.3, 0.4) is 0 Å². The minimum absolute atomic E-state index is 0.165. The fraction of sp³-hybridized carbons (Fsp3) is 0.750. The van der Waals surface area contributed by atoms with Crippen LogP contribution in [0.1, 0.15) is 20.3 Å². The van der Waals surface area contributed by atoms with E-state index in [1.54, 1.807) is 11.8 Å². The molecular weight excluding hydrogens is 201 g/mol. The SMILES string of the molecule is BC(=O)N1CSC(C)(CC)C1C(=O)O. The highest BCUT2D eigenvalue weighted by Gasteiger charge is 2.48. The van der Waals surface area contributed by atoms with Crippen LogP contribution < -0.4 is 0 Å². The Hall–Kier alpha value is -0.645. The van der Waals surface area contributed by atoms with Crippen LogP contribution in [0.15, 0.2) is 0 Å². The lowest BCUT2D eigenvalue weighted by atomic mass is 9.95. The number of thioether (sulfide) groups is 1. The fourth-order valence-electron chi connectivity index (χ4n) is 1.66. The first-order valence-electron chi connectivity index (χ1n) is 4.56. The first kappa shape index (κ1) is 11.4. The normalized spacial score (nSPS) is 31.9. The number of nitrogens with zero attached hydrogens (tertiary/aromatic N) is 1. The highest BCUT2D eigenvalue weighted by atomic mass is 32.2. The quantitative estimate of drug-likeness (QED) is 0.676. The van der Waals surface area contributed by atoms with Gasteiger partial charge in [-0.3, -0.25) is 4.79 Å². The molecule has 2 unspecified atom stereocenters. The molecule has 4 nitrogen and oxygen atoms in total. The molecule has 0 aliphatic carbocycles. The van der Waals surface area contributed by atoms with Crippen LogP contribution in [0, 0.1) is 0 Å². The van der Waals surface area contributed by atoms with E-state index in [0.29, 0.717) is 5.88 Å². The second kappa shape index (κ2) is 3.84. The zero-order valence-electron chi connectivity index (χ0n) is 8.61. The number of carbonyl (C=O) groups is 2. The van der Waals surface area contributed by atoms with Crippen molar-refractivity contribution in [3.8, 4) is 0 Å². The molecule has 0 radical (unpaired) electrons. The Kier molecular flexibility index (Phi) is 3.14. The molecule has 0 aromatic rings. The molecule has 1 aliphatic heterocycles. The van der Waals surface area contributed by atoms with Crippen LogP contribution in [0.5, 0.6) is 0 Å². The maximum atomic E-state index is 11.2. The molecule has 1 amide bonds. The Morgan fingerprint density at radius 1 is 1.71 bits per heavy atom. The molecule has 78 valence electrons. The van der Waals surface area contributed by atoms with Gasteiger partial charge in [0, 0.05) is 4.75 Å². The zero-order valence-corrected chi connectivity index (χ0v) is 9.43. The Labute approximate surface area is 88.4 Å². The van der Waals surface area contributed by atoms with Crippen LogP contribution in [-0.2, 0) is 4.79 Å². The van der Waals surface area contributed by atoms with Gasteiger partial charge >= 0.3 is 5.97 Å². The van der Waals surface area contributed by atoms with Crippen LogP contribution in [0.4, 0.5) is 4.79 Å². The molecule has 2 atom stereocenters. The summed E-state index contributed by atoms with van der Waals surface area (Å²) in [5, 5.41) is 9.09. The summed E-state index contributed by atoms with van der Waals surface area (Å²) in [6.45, 7) is 3.85. The molecule has 1 rings (SSSR count). The van der Waals surface area contributed by atoms with Crippen molar-refractivity contribution in [2.75, 3.05) is 5.88 Å². The maximum absolute atomic E-state index is 11.2. The van der Waals surface area contributed by atoms with E-state index < -0.39 is 12.0 Å². The summed E-state index contributed by atoms with van der Waals surface area (Å²) in [7, 11) is 1.41. The van der Waals surface area contributed by atoms with E-state index in [1.807, 2.05) is 13.8 Å². The summed E-state index contributed by atoms with van der Waals surface area (Å²) in [4.78, 5) is 23.7. The molecule has 1 N–H and O–H groups in total. The number of carboxylic acids is 1. The van der Waals surface area contributed by atoms with Gasteiger partial charge in [0.15, 0.2) is 5.81 Å². The molecule has 6 heteroatoms. The van der Waals surface area contributed by atoms with Crippen LogP contribution in [-0.4, -0.2) is 46.3 Å². The second-order valence-corrected chi connectivity index (χ2v) is 5.15. The lowest BCUT2D eigenvalue weighted by molar-refractivity contribution is -0.142. The molecule has 0 spiro atoms. The summed E-state index contributed by atoms with van der Waals surface area (Å²) >= 11 is 1.54. The lowest BCUT2D eigenvalue weighted by Crippen LogP contribution is -2.49. The van der Waals surface area contributed by atoms with Crippen LogP contribution >= 0.6 is 11.8 Å². The first-order chi connectivity index (χ1) is 6.42. The Balaban J connectivity index is 2.96. The lowest BCUT2D eigenvalue weighted by Gasteiger charge is -2.29. The van der Waals surface area contributed by atoms with Crippen molar-refractivity contribution >= 4 is 31.4 Å². The number of rotatable bonds is 2. The standard InChI is InChI=1S/C8H14BNO3S/c1-3-8(2)5(6(11)12)10(4-14-8)7(9)13/h5H,3-4,9H2,1-2H3,(H,11,12). The molecule has 1 fully saturated rings. The van der Waals surface area contributed by atoms with E-state index in [2.05, 4.69) is 0 Å². The highest BCUT2D eigenvalue weighted by Crippen LogP contribution is 2.41. The number of carboxylic acid groups (broad SMARTS) is 1. The number of hydrogen-bond acceptors (Lipinski definition) is 3. The van der Waals surface area contributed by atoms with E-state index in [9.17, 15) is 9.59 Å². The average Bonchev–Trinajstić information content (AvgIpc) is 2.44. The van der Waals surface area contributed by atoms with Crippen molar-refractivity contribution in [2.24, 2.45) is 0 Å². The maximum Gasteiger partial charge on any atom is 0.327 e. The largest absolute Gasteiger partial charge is 0.480 e. The third kappa shape index (κ3) is 1.75. The highest BCUT2D eigenvalue weighted by molar-refractivity contribution is 8.01. The number of carbonyl (C=O) groups excluding carboxylic acids is 1. The Bertz CT molecular complexity index is 273. The number of amides is 1. The van der Waals surface area contributed by atoms with Gasteiger partial charge in [0.2, 0.25) is 7.85 Å². The zero-order chi connectivity index (χ0) is 10.9. The predicted molar refractivity (Wildman–Crippen MR) is 58.4 cm³/mol. The van der Waals surface area contributed by atoms with Gasteiger partial charge in [0.1, 0.15) is 6.04 Å². The molecule has 0 aromatic heterocycles. The smallest absolute Gasteiger partial charge is 0.327 e. The van der Waals surface area contributed by atoms with Gasteiger partial charge < -0.3 is 10.0 Å². The van der Waals surface area contributed by atoms with E-state index in [-0.39, 0.29) is 10.6 Å². The minimum atomic E-state index is -0.908. The molecule has 1 saturated heterocycles. The van der Waals surface area contributed by atoms with Gasteiger partial charge in [0.25, 0.3) is 0 Å². The third-order valence-electron chi connectivity index (χ3n) is 2.76. The minimum Gasteiger partial charge on any atom is -0.480 e. The summed E-state index contributed by atoms with van der Waals surface area (Å²) in [5.74, 6) is -0.590. The van der Waals surface area contributed by atoms with Crippen molar-refractivity contribution in [1.82, 2.24) is 4.90 Å². The topological polar surface area (TPSA) is 57.6 Å². The molecule has 0 bridgehead atoms. The van der Waals surface area contributed by atoms with E-state index in [0.717, 1.165) is 6.42 Å². The summed E-state index contributed by atoms with van der Waals surface area (Å²) in [6.07, 6.45) is 0.748. The van der Waals surface area contributed by atoms with E-state index in [1.165, 1.54) is 12.7 Å². The van der Waals surface area contributed by atoms with Gasteiger partial charge in [-0.2, -0.15) is 0 Å². The van der Waals surface area contributed by atoms with E-state index >= 15 is 0 Å². The molecule has 1 aliphatic rings. The summed E-state index contributed by atoms with van der Waals surface area (Å²) < 4.78 is -0.350. The van der Waals surface area contributed by atoms with Gasteiger partial charge in [-0.05, 0) is 13.3 Å².